The lowest BCUT2D eigenvalue weighted by Crippen LogP contribution is -2.30. The zero-order valence-corrected chi connectivity index (χ0v) is 15.4. The molecule has 0 spiro atoms. The molecule has 4 rings (SSSR count). The Morgan fingerprint density at radius 2 is 2.15 bits per heavy atom. The summed E-state index contributed by atoms with van der Waals surface area (Å²) in [5.41, 5.74) is 1.43. The van der Waals surface area contributed by atoms with E-state index in [1.54, 1.807) is 41.5 Å². The largest absolute Gasteiger partial charge is 0.280 e. The van der Waals surface area contributed by atoms with Crippen LogP contribution in [0.3, 0.4) is 0 Å². The highest BCUT2D eigenvalue weighted by molar-refractivity contribution is 7.22. The van der Waals surface area contributed by atoms with Gasteiger partial charge in [0.1, 0.15) is 11.3 Å². The van der Waals surface area contributed by atoms with E-state index in [1.807, 2.05) is 19.1 Å². The van der Waals surface area contributed by atoms with Gasteiger partial charge in [-0.2, -0.15) is 5.10 Å². The Labute approximate surface area is 158 Å². The van der Waals surface area contributed by atoms with Crippen LogP contribution in [0.1, 0.15) is 23.0 Å². The summed E-state index contributed by atoms with van der Waals surface area (Å²) in [6.45, 7) is 2.89. The maximum atomic E-state index is 14.1. The van der Waals surface area contributed by atoms with E-state index in [-0.39, 0.29) is 18.0 Å². The second-order valence-electron chi connectivity index (χ2n) is 5.89. The van der Waals surface area contributed by atoms with Gasteiger partial charge in [-0.1, -0.05) is 23.5 Å². The number of thiazole rings is 1. The third kappa shape index (κ3) is 3.43. The molecule has 0 aliphatic heterocycles. The molecule has 0 radical (unpaired) electrons. The van der Waals surface area contributed by atoms with Crippen molar-refractivity contribution in [3.05, 3.63) is 72.1 Å². The molecule has 0 unspecified atom stereocenters. The third-order valence-corrected chi connectivity index (χ3v) is 5.13. The molecule has 6 nitrogen and oxygen atoms in total. The van der Waals surface area contributed by atoms with Gasteiger partial charge in [0.2, 0.25) is 0 Å². The monoisotopic (exact) mass is 381 g/mol. The first-order valence-corrected chi connectivity index (χ1v) is 9.26. The topological polar surface area (TPSA) is 63.9 Å². The van der Waals surface area contributed by atoms with Gasteiger partial charge < -0.3 is 0 Å². The minimum atomic E-state index is -0.404. The number of carbonyl (C=O) groups is 1. The molecular formula is C19H16FN5OS. The predicted molar refractivity (Wildman–Crippen MR) is 102 cm³/mol. The van der Waals surface area contributed by atoms with Crippen LogP contribution in [0.15, 0.2) is 55.0 Å². The van der Waals surface area contributed by atoms with E-state index < -0.39 is 5.82 Å². The number of carbonyl (C=O) groups excluding carboxylic acids is 1. The number of nitrogens with zero attached hydrogens (tertiary/aromatic N) is 5. The van der Waals surface area contributed by atoms with Gasteiger partial charge in [-0.05, 0) is 36.8 Å². The van der Waals surface area contributed by atoms with E-state index in [2.05, 4.69) is 15.1 Å². The average molecular weight is 381 g/mol. The van der Waals surface area contributed by atoms with Crippen LogP contribution < -0.4 is 4.90 Å². The Balaban J connectivity index is 1.76. The standard InChI is InChI=1S/C19H16FN5OS/c1-2-24-10-8-15(23-24)18(26)25(12-13-5-4-9-21-11-13)19-22-17-14(20)6-3-7-16(17)27-19/h3-11H,2,12H2,1H3. The molecule has 0 N–H and O–H groups in total. The first-order valence-electron chi connectivity index (χ1n) is 8.45. The molecule has 0 fully saturated rings. The number of hydrogen-bond donors (Lipinski definition) is 0. The zero-order valence-electron chi connectivity index (χ0n) is 14.5. The molecule has 0 atom stereocenters. The van der Waals surface area contributed by atoms with Gasteiger partial charge in [0, 0.05) is 25.1 Å². The van der Waals surface area contributed by atoms with E-state index in [0.717, 1.165) is 5.56 Å². The highest BCUT2D eigenvalue weighted by Gasteiger charge is 2.24. The van der Waals surface area contributed by atoms with Gasteiger partial charge >= 0.3 is 0 Å². The lowest BCUT2D eigenvalue weighted by molar-refractivity contribution is 0.0979. The highest BCUT2D eigenvalue weighted by Crippen LogP contribution is 2.31. The van der Waals surface area contributed by atoms with Crippen LogP contribution in [-0.2, 0) is 13.1 Å². The van der Waals surface area contributed by atoms with Crippen LogP contribution in [0.25, 0.3) is 10.2 Å². The Bertz CT molecular complexity index is 1090. The highest BCUT2D eigenvalue weighted by atomic mass is 32.1. The minimum Gasteiger partial charge on any atom is -0.278 e. The number of aromatic nitrogens is 4. The van der Waals surface area contributed by atoms with Crippen molar-refractivity contribution in [2.24, 2.45) is 0 Å². The summed E-state index contributed by atoms with van der Waals surface area (Å²) in [5.74, 6) is -0.690. The van der Waals surface area contributed by atoms with Gasteiger partial charge in [-0.25, -0.2) is 9.37 Å². The van der Waals surface area contributed by atoms with E-state index in [0.29, 0.717) is 22.1 Å². The summed E-state index contributed by atoms with van der Waals surface area (Å²) in [6.07, 6.45) is 5.12. The number of amides is 1. The fourth-order valence-electron chi connectivity index (χ4n) is 2.71. The van der Waals surface area contributed by atoms with Crippen molar-refractivity contribution in [2.45, 2.75) is 20.0 Å². The summed E-state index contributed by atoms with van der Waals surface area (Å²) in [4.78, 5) is 23.1. The van der Waals surface area contributed by atoms with Gasteiger partial charge in [-0.15, -0.1) is 0 Å². The van der Waals surface area contributed by atoms with E-state index >= 15 is 0 Å². The normalized spacial score (nSPS) is 11.0. The van der Waals surface area contributed by atoms with Crippen LogP contribution in [-0.4, -0.2) is 25.7 Å². The van der Waals surface area contributed by atoms with Crippen LogP contribution in [0, 0.1) is 5.82 Å². The number of para-hydroxylation sites is 1. The summed E-state index contributed by atoms with van der Waals surface area (Å²) in [7, 11) is 0. The molecule has 27 heavy (non-hydrogen) atoms. The molecule has 4 aromatic rings. The third-order valence-electron chi connectivity index (χ3n) is 4.08. The second kappa shape index (κ2) is 7.24. The Morgan fingerprint density at radius 1 is 1.26 bits per heavy atom. The zero-order chi connectivity index (χ0) is 18.8. The predicted octanol–water partition coefficient (Wildman–Crippen LogP) is 3.89. The number of rotatable bonds is 5. The molecule has 0 saturated heterocycles. The number of aryl methyl sites for hydroxylation is 1. The van der Waals surface area contributed by atoms with Crippen molar-refractivity contribution in [3.63, 3.8) is 0 Å². The smallest absolute Gasteiger partial charge is 0.278 e. The van der Waals surface area contributed by atoms with E-state index in [4.69, 9.17) is 0 Å². The lowest BCUT2D eigenvalue weighted by atomic mass is 10.2. The van der Waals surface area contributed by atoms with Crippen LogP contribution in [0.2, 0.25) is 0 Å². The number of hydrogen-bond acceptors (Lipinski definition) is 5. The molecule has 1 aromatic carbocycles. The van der Waals surface area contributed by atoms with E-state index in [1.165, 1.54) is 22.3 Å². The molecule has 0 saturated carbocycles. The summed E-state index contributed by atoms with van der Waals surface area (Å²) < 4.78 is 16.5. The quantitative estimate of drug-likeness (QED) is 0.526. The van der Waals surface area contributed by atoms with Gasteiger partial charge in [0.05, 0.1) is 11.2 Å². The molecule has 1 amide bonds. The first kappa shape index (κ1) is 17.3. The molecule has 0 bridgehead atoms. The van der Waals surface area contributed by atoms with Gasteiger partial charge in [0.25, 0.3) is 5.91 Å². The molecule has 3 heterocycles. The molecule has 3 aromatic heterocycles. The minimum absolute atomic E-state index is 0.264. The van der Waals surface area contributed by atoms with Crippen molar-refractivity contribution in [2.75, 3.05) is 4.90 Å². The maximum Gasteiger partial charge on any atom is 0.280 e. The molecule has 136 valence electrons. The number of benzene rings is 1. The van der Waals surface area contributed by atoms with Crippen LogP contribution in [0.4, 0.5) is 9.52 Å². The SMILES string of the molecule is CCn1ccc(C(=O)N(Cc2cccnc2)c2nc3c(F)cccc3s2)n1. The van der Waals surface area contributed by atoms with Crippen LogP contribution >= 0.6 is 11.3 Å². The molecule has 0 aliphatic carbocycles. The van der Waals surface area contributed by atoms with E-state index in [9.17, 15) is 9.18 Å². The summed E-state index contributed by atoms with van der Waals surface area (Å²) in [6, 6.07) is 10.2. The van der Waals surface area contributed by atoms with Gasteiger partial charge in [0.15, 0.2) is 10.8 Å². The maximum absolute atomic E-state index is 14.1. The molecule has 0 aliphatic rings. The summed E-state index contributed by atoms with van der Waals surface area (Å²) >= 11 is 1.27. The van der Waals surface area contributed by atoms with Crippen molar-refractivity contribution in [3.8, 4) is 0 Å². The Hall–Kier alpha value is -3.13. The van der Waals surface area contributed by atoms with Crippen molar-refractivity contribution < 1.29 is 9.18 Å². The van der Waals surface area contributed by atoms with Crippen LogP contribution in [0.5, 0.6) is 0 Å². The summed E-state index contributed by atoms with van der Waals surface area (Å²) in [5, 5.41) is 4.73. The Kier molecular flexibility index (Phi) is 4.64. The molecular weight excluding hydrogens is 365 g/mol. The van der Waals surface area contributed by atoms with Crippen molar-refractivity contribution in [1.29, 1.82) is 0 Å². The number of pyridine rings is 1. The fraction of sp³-hybridized carbons (Fsp3) is 0.158. The average Bonchev–Trinajstić information content (AvgIpc) is 3.34. The first-order chi connectivity index (χ1) is 13.2. The van der Waals surface area contributed by atoms with Crippen molar-refractivity contribution >= 4 is 32.6 Å². The number of anilines is 1. The molecule has 8 heteroatoms. The lowest BCUT2D eigenvalue weighted by Gasteiger charge is -2.18. The second-order valence-corrected chi connectivity index (χ2v) is 6.90. The van der Waals surface area contributed by atoms with Crippen molar-refractivity contribution in [1.82, 2.24) is 19.7 Å². The fourth-order valence-corrected chi connectivity index (χ4v) is 3.69. The number of halogens is 1. The Morgan fingerprint density at radius 3 is 2.85 bits per heavy atom. The van der Waals surface area contributed by atoms with Gasteiger partial charge in [-0.3, -0.25) is 19.4 Å². The number of fused-ring (bicyclic) bond motifs is 1.